The lowest BCUT2D eigenvalue weighted by Gasteiger charge is -2.41. The topological polar surface area (TPSA) is 35.2 Å². The molecule has 0 spiro atoms. The quantitative estimate of drug-likeness (QED) is 0.674. The van der Waals surface area contributed by atoms with E-state index in [0.29, 0.717) is 0 Å². The normalized spacial score (nSPS) is 30.5. The molecule has 1 saturated heterocycles. The van der Waals surface area contributed by atoms with Crippen molar-refractivity contribution in [2.45, 2.75) is 18.2 Å². The van der Waals surface area contributed by atoms with Crippen LogP contribution in [-0.4, -0.2) is 24.9 Å². The molecule has 0 aromatic rings. The second-order valence-corrected chi connectivity index (χ2v) is 2.29. The van der Waals surface area contributed by atoms with E-state index in [1.54, 1.807) is 0 Å². The molecule has 1 heterocycles. The van der Waals surface area contributed by atoms with Crippen molar-refractivity contribution in [2.75, 3.05) is 13.2 Å². The van der Waals surface area contributed by atoms with Crippen LogP contribution >= 0.6 is 12.4 Å². The number of halogens is 4. The van der Waals surface area contributed by atoms with E-state index in [-0.39, 0.29) is 25.4 Å². The molecule has 0 radical (unpaired) electrons. The van der Waals surface area contributed by atoms with Gasteiger partial charge < -0.3 is 10.5 Å². The summed E-state index contributed by atoms with van der Waals surface area (Å²) in [5.74, 6) is 0. The summed E-state index contributed by atoms with van der Waals surface area (Å²) in [6.45, 7) is -0.312. The van der Waals surface area contributed by atoms with Crippen molar-refractivity contribution in [2.24, 2.45) is 5.73 Å². The number of hydrogen-bond acceptors (Lipinski definition) is 2. The van der Waals surface area contributed by atoms with Crippen molar-refractivity contribution in [3.63, 3.8) is 0 Å². The van der Waals surface area contributed by atoms with Crippen LogP contribution in [0.4, 0.5) is 13.2 Å². The van der Waals surface area contributed by atoms with Gasteiger partial charge >= 0.3 is 6.18 Å². The Labute approximate surface area is 68.3 Å². The van der Waals surface area contributed by atoms with Gasteiger partial charge in [0, 0.05) is 13.0 Å². The fraction of sp³-hybridized carbons (Fsp3) is 1.00. The van der Waals surface area contributed by atoms with Gasteiger partial charge in [0.25, 0.3) is 0 Å². The van der Waals surface area contributed by atoms with Crippen LogP contribution in [0, 0.1) is 0 Å². The lowest BCUT2D eigenvalue weighted by atomic mass is 9.94. The summed E-state index contributed by atoms with van der Waals surface area (Å²) >= 11 is 0. The zero-order valence-electron chi connectivity index (χ0n) is 5.65. The molecule has 0 aromatic heterocycles. The van der Waals surface area contributed by atoms with E-state index in [0.717, 1.165) is 0 Å². The molecule has 0 aromatic carbocycles. The molecule has 0 bridgehead atoms. The zero-order chi connectivity index (χ0) is 7.83. The molecule has 68 valence electrons. The van der Waals surface area contributed by atoms with Gasteiger partial charge in [-0.1, -0.05) is 0 Å². The van der Waals surface area contributed by atoms with Gasteiger partial charge in [-0.25, -0.2) is 0 Å². The van der Waals surface area contributed by atoms with Crippen molar-refractivity contribution < 1.29 is 17.9 Å². The molecule has 1 aliphatic rings. The van der Waals surface area contributed by atoms with Crippen molar-refractivity contribution in [1.29, 1.82) is 0 Å². The average molecular weight is 192 g/mol. The zero-order valence-corrected chi connectivity index (χ0v) is 6.47. The van der Waals surface area contributed by atoms with Gasteiger partial charge in [0.05, 0.1) is 6.61 Å². The number of ether oxygens (including phenoxy) is 1. The molecule has 0 aliphatic carbocycles. The fourth-order valence-corrected chi connectivity index (χ4v) is 0.849. The minimum absolute atomic E-state index is 0. The van der Waals surface area contributed by atoms with Gasteiger partial charge in [0.1, 0.15) is 0 Å². The molecule has 2 N–H and O–H groups in total. The van der Waals surface area contributed by atoms with E-state index in [2.05, 4.69) is 4.74 Å². The predicted molar refractivity (Wildman–Crippen MR) is 35.7 cm³/mol. The summed E-state index contributed by atoms with van der Waals surface area (Å²) < 4.78 is 40.2. The third-order valence-corrected chi connectivity index (χ3v) is 1.73. The lowest BCUT2D eigenvalue weighted by Crippen LogP contribution is -2.60. The molecule has 2 nitrogen and oxygen atoms in total. The summed E-state index contributed by atoms with van der Waals surface area (Å²) in [6.07, 6.45) is -4.31. The Kier molecular flexibility index (Phi) is 3.16. The Morgan fingerprint density at radius 3 is 1.91 bits per heavy atom. The first-order valence-electron chi connectivity index (χ1n) is 2.93. The lowest BCUT2D eigenvalue weighted by molar-refractivity contribution is -0.320. The van der Waals surface area contributed by atoms with Crippen LogP contribution in [-0.2, 0) is 4.74 Å². The molecule has 1 rings (SSSR count). The van der Waals surface area contributed by atoms with Gasteiger partial charge in [-0.3, -0.25) is 0 Å². The summed E-state index contributed by atoms with van der Waals surface area (Å²) in [5, 5.41) is 0. The van der Waals surface area contributed by atoms with Crippen LogP contribution in [0.2, 0.25) is 0 Å². The minimum atomic E-state index is -4.31. The second kappa shape index (κ2) is 3.16. The summed E-state index contributed by atoms with van der Waals surface area (Å²) in [4.78, 5) is 0. The molecule has 6 heteroatoms. The Bertz CT molecular complexity index is 129. The Balaban J connectivity index is 0.000001000. The monoisotopic (exact) mass is 191 g/mol. The first-order valence-corrected chi connectivity index (χ1v) is 2.93. The Morgan fingerprint density at radius 1 is 1.45 bits per heavy atom. The third-order valence-electron chi connectivity index (χ3n) is 1.73. The van der Waals surface area contributed by atoms with E-state index in [1.165, 1.54) is 0 Å². The van der Waals surface area contributed by atoms with Gasteiger partial charge in [0.2, 0.25) is 0 Å². The van der Waals surface area contributed by atoms with E-state index >= 15 is 0 Å². The van der Waals surface area contributed by atoms with Crippen LogP contribution < -0.4 is 5.73 Å². The van der Waals surface area contributed by atoms with Gasteiger partial charge in [-0.05, 0) is 0 Å². The minimum Gasteiger partial charge on any atom is -0.364 e. The van der Waals surface area contributed by atoms with E-state index in [1.807, 2.05) is 0 Å². The van der Waals surface area contributed by atoms with Crippen LogP contribution in [0.3, 0.4) is 0 Å². The molecule has 1 unspecified atom stereocenters. The highest BCUT2D eigenvalue weighted by atomic mass is 35.5. The summed E-state index contributed by atoms with van der Waals surface area (Å²) in [7, 11) is 0. The number of rotatable bonds is 1. The maximum Gasteiger partial charge on any atom is 0.418 e. The Hall–Kier alpha value is -0.0000000000000000486. The Morgan fingerprint density at radius 2 is 1.91 bits per heavy atom. The van der Waals surface area contributed by atoms with Gasteiger partial charge in [-0.2, -0.15) is 13.2 Å². The second-order valence-electron chi connectivity index (χ2n) is 2.29. The van der Waals surface area contributed by atoms with Crippen molar-refractivity contribution in [3.8, 4) is 0 Å². The molecular weight excluding hydrogens is 183 g/mol. The molecular formula is C5H9ClF3NO. The van der Waals surface area contributed by atoms with Crippen LogP contribution in [0.15, 0.2) is 0 Å². The summed E-state index contributed by atoms with van der Waals surface area (Å²) in [6, 6.07) is 0. The smallest absolute Gasteiger partial charge is 0.364 e. The van der Waals surface area contributed by atoms with Crippen molar-refractivity contribution in [1.82, 2.24) is 0 Å². The van der Waals surface area contributed by atoms with Crippen molar-refractivity contribution >= 4 is 12.4 Å². The van der Waals surface area contributed by atoms with E-state index in [9.17, 15) is 13.2 Å². The highest BCUT2D eigenvalue weighted by Crippen LogP contribution is 2.41. The fourth-order valence-electron chi connectivity index (χ4n) is 0.849. The third kappa shape index (κ3) is 1.60. The number of alkyl halides is 3. The highest BCUT2D eigenvalue weighted by Gasteiger charge is 2.59. The maximum absolute atomic E-state index is 12.0. The molecule has 11 heavy (non-hydrogen) atoms. The average Bonchev–Trinajstić information content (AvgIpc) is 1.58. The SMILES string of the molecule is Cl.NCC1(C(F)(F)F)CCO1. The summed E-state index contributed by atoms with van der Waals surface area (Å²) in [5.41, 5.74) is 2.89. The first kappa shape index (κ1) is 11.0. The molecule has 0 saturated carbocycles. The molecule has 1 fully saturated rings. The standard InChI is InChI=1S/C5H8F3NO.ClH/c6-5(7,8)4(3-9)1-2-10-4;/h1-3,9H2;1H. The van der Waals surface area contributed by atoms with E-state index < -0.39 is 18.3 Å². The number of nitrogens with two attached hydrogens (primary N) is 1. The molecule has 0 amide bonds. The van der Waals surface area contributed by atoms with Gasteiger partial charge in [0.15, 0.2) is 5.60 Å². The predicted octanol–water partition coefficient (Wildman–Crippen LogP) is 1.09. The maximum atomic E-state index is 12.0. The van der Waals surface area contributed by atoms with Gasteiger partial charge in [-0.15, -0.1) is 12.4 Å². The van der Waals surface area contributed by atoms with Crippen LogP contribution in [0.1, 0.15) is 6.42 Å². The largest absolute Gasteiger partial charge is 0.418 e. The van der Waals surface area contributed by atoms with Crippen molar-refractivity contribution in [3.05, 3.63) is 0 Å². The molecule has 1 aliphatic heterocycles. The van der Waals surface area contributed by atoms with Crippen LogP contribution in [0.25, 0.3) is 0 Å². The first-order chi connectivity index (χ1) is 4.52. The van der Waals surface area contributed by atoms with Crippen LogP contribution in [0.5, 0.6) is 0 Å². The highest BCUT2D eigenvalue weighted by molar-refractivity contribution is 5.85. The van der Waals surface area contributed by atoms with E-state index in [4.69, 9.17) is 5.73 Å². The molecule has 1 atom stereocenters. The number of hydrogen-bond donors (Lipinski definition) is 1.